The first kappa shape index (κ1) is 28.2. The number of aliphatic hydroxyl groups excluding tert-OH is 1. The lowest BCUT2D eigenvalue weighted by atomic mass is 9.94. The molecule has 0 bridgehead atoms. The highest BCUT2D eigenvalue weighted by Crippen LogP contribution is 2.26. The van der Waals surface area contributed by atoms with Crippen LogP contribution in [0, 0.1) is 5.92 Å². The third-order valence-electron chi connectivity index (χ3n) is 5.23. The van der Waals surface area contributed by atoms with E-state index in [4.69, 9.17) is 9.47 Å². The number of hydrogen-bond acceptors (Lipinski definition) is 6. The van der Waals surface area contributed by atoms with Crippen molar-refractivity contribution < 1.29 is 29.3 Å². The topological polar surface area (TPSA) is 105 Å². The summed E-state index contributed by atoms with van der Waals surface area (Å²) in [6.07, 6.45) is 8.65. The van der Waals surface area contributed by atoms with Crippen LogP contribution < -0.4 is 5.32 Å². The average Bonchev–Trinajstić information content (AvgIpc) is 2.80. The van der Waals surface area contributed by atoms with Gasteiger partial charge < -0.3 is 19.7 Å². The first-order valence-electron chi connectivity index (χ1n) is 11.9. The molecule has 0 spiro atoms. The number of amides is 1. The molecule has 7 nitrogen and oxygen atoms in total. The van der Waals surface area contributed by atoms with E-state index < -0.39 is 24.3 Å². The molecule has 184 valence electrons. The van der Waals surface area contributed by atoms with Gasteiger partial charge >= 0.3 is 12.1 Å². The van der Waals surface area contributed by atoms with Crippen LogP contribution in [0.15, 0.2) is 42.6 Å². The molecule has 33 heavy (non-hydrogen) atoms. The summed E-state index contributed by atoms with van der Waals surface area (Å²) in [6, 6.07) is 4.93. The van der Waals surface area contributed by atoms with Gasteiger partial charge in [0.15, 0.2) is 0 Å². The van der Waals surface area contributed by atoms with Gasteiger partial charge in [-0.3, -0.25) is 5.32 Å². The van der Waals surface area contributed by atoms with Gasteiger partial charge in [-0.15, -0.1) is 0 Å². The molecule has 1 heterocycles. The molecule has 3 unspecified atom stereocenters. The highest BCUT2D eigenvalue weighted by molar-refractivity contribution is 5.94. The van der Waals surface area contributed by atoms with Crippen LogP contribution in [0.5, 0.6) is 5.75 Å². The fraction of sp³-hybridized carbons (Fsp3) is 0.538. The number of allylic oxidation sites excluding steroid dienone is 2. The second kappa shape index (κ2) is 15.9. The van der Waals surface area contributed by atoms with Crippen molar-refractivity contribution in [3.8, 4) is 5.75 Å². The molecule has 0 fully saturated rings. The number of unbranched alkanes of at least 4 members (excludes halogenated alkanes) is 1. The van der Waals surface area contributed by atoms with Crippen LogP contribution in [-0.2, 0) is 15.9 Å². The van der Waals surface area contributed by atoms with E-state index in [0.29, 0.717) is 31.4 Å². The van der Waals surface area contributed by atoms with Gasteiger partial charge in [0.05, 0.1) is 12.7 Å². The number of ether oxygens (including phenoxy) is 2. The predicted molar refractivity (Wildman–Crippen MR) is 129 cm³/mol. The molecule has 0 saturated heterocycles. The molecule has 0 aliphatic carbocycles. The molecule has 0 aromatic heterocycles. The number of carbonyl (C=O) groups excluding carboxylic acids is 2. The van der Waals surface area contributed by atoms with Crippen molar-refractivity contribution in [2.24, 2.45) is 5.92 Å². The largest absolute Gasteiger partial charge is 0.507 e. The molecule has 1 aliphatic heterocycles. The fourth-order valence-electron chi connectivity index (χ4n) is 3.27. The van der Waals surface area contributed by atoms with Crippen LogP contribution >= 0.6 is 0 Å². The van der Waals surface area contributed by atoms with E-state index in [9.17, 15) is 19.8 Å². The number of rotatable bonds is 6. The van der Waals surface area contributed by atoms with Crippen molar-refractivity contribution in [1.29, 1.82) is 0 Å². The predicted octanol–water partition coefficient (Wildman–Crippen LogP) is 5.26. The Balaban J connectivity index is 0.00000265. The fourth-order valence-corrected chi connectivity index (χ4v) is 3.27. The summed E-state index contributed by atoms with van der Waals surface area (Å²) in [6.45, 7) is 8.32. The number of nitrogens with one attached hydrogen (secondary N) is 1. The minimum absolute atomic E-state index is 0.00354. The summed E-state index contributed by atoms with van der Waals surface area (Å²) in [7, 11) is 0. The van der Waals surface area contributed by atoms with Crippen molar-refractivity contribution in [3.63, 3.8) is 0 Å². The molecule has 1 aliphatic rings. The number of aromatic hydroxyl groups is 1. The summed E-state index contributed by atoms with van der Waals surface area (Å²) >= 11 is 0. The second-order valence-corrected chi connectivity index (χ2v) is 7.80. The zero-order chi connectivity index (χ0) is 24.6. The van der Waals surface area contributed by atoms with Crippen molar-refractivity contribution in [2.45, 2.75) is 78.4 Å². The first-order chi connectivity index (χ1) is 15.9. The number of cyclic esters (lactones) is 1. The Bertz CT molecular complexity index is 789. The summed E-state index contributed by atoms with van der Waals surface area (Å²) in [5, 5.41) is 23.3. The zero-order valence-corrected chi connectivity index (χ0v) is 20.3. The molecular formula is C26H39NO6. The highest BCUT2D eigenvalue weighted by atomic mass is 16.5. The van der Waals surface area contributed by atoms with E-state index in [2.05, 4.69) is 5.32 Å². The normalized spacial score (nSPS) is 22.0. The molecule has 1 aromatic carbocycles. The maximum absolute atomic E-state index is 12.8. The van der Waals surface area contributed by atoms with Crippen LogP contribution in [0.25, 0.3) is 0 Å². The van der Waals surface area contributed by atoms with Crippen LogP contribution in [-0.4, -0.2) is 41.1 Å². The summed E-state index contributed by atoms with van der Waals surface area (Å²) < 4.78 is 10.7. The van der Waals surface area contributed by atoms with Crippen molar-refractivity contribution >= 4 is 12.1 Å². The first-order valence-corrected chi connectivity index (χ1v) is 11.9. The van der Waals surface area contributed by atoms with E-state index in [1.165, 1.54) is 12.3 Å². The molecule has 0 saturated carbocycles. The lowest BCUT2D eigenvalue weighted by molar-refractivity contribution is 0.00678. The highest BCUT2D eigenvalue weighted by Gasteiger charge is 2.25. The van der Waals surface area contributed by atoms with Gasteiger partial charge in [0.1, 0.15) is 17.4 Å². The van der Waals surface area contributed by atoms with Gasteiger partial charge in [0.25, 0.3) is 0 Å². The molecule has 3 N–H and O–H groups in total. The third kappa shape index (κ3) is 10.1. The molecule has 1 amide bonds. The molecule has 2 rings (SSSR count). The lowest BCUT2D eigenvalue weighted by Crippen LogP contribution is -2.28. The Labute approximate surface area is 197 Å². The molecule has 1 aromatic rings. The van der Waals surface area contributed by atoms with Gasteiger partial charge in [0.2, 0.25) is 0 Å². The smallest absolute Gasteiger partial charge is 0.411 e. The van der Waals surface area contributed by atoms with Gasteiger partial charge in [-0.05, 0) is 36.8 Å². The Hall–Kier alpha value is -2.80. The van der Waals surface area contributed by atoms with Crippen molar-refractivity contribution in [3.05, 3.63) is 53.8 Å². The minimum atomic E-state index is -0.661. The number of carbonyl (C=O) groups is 2. The zero-order valence-electron chi connectivity index (χ0n) is 20.3. The average molecular weight is 462 g/mol. The lowest BCUT2D eigenvalue weighted by Gasteiger charge is -2.24. The second-order valence-electron chi connectivity index (χ2n) is 7.80. The monoisotopic (exact) mass is 461 g/mol. The standard InChI is InChI=1S/C24H33NO6.C2H6/c1-3-4-15-30-24(29)25-14-8-12-19-16-21(27)17(2)9-5-6-10-18-11-7-13-20(26)22(18)23(28)31-19;1-2/h5-8,11,13-14,17,19,21,26-27H,3-4,9-10,12,15-16H2,1-2H3,(H,25,29);1-2H3/b6-5+,14-8+;. The Morgan fingerprint density at radius 3 is 2.79 bits per heavy atom. The summed E-state index contributed by atoms with van der Waals surface area (Å²) in [5.74, 6) is -0.768. The van der Waals surface area contributed by atoms with E-state index in [1.54, 1.807) is 18.2 Å². The maximum Gasteiger partial charge on any atom is 0.411 e. The van der Waals surface area contributed by atoms with Gasteiger partial charge in [-0.2, -0.15) is 0 Å². The summed E-state index contributed by atoms with van der Waals surface area (Å²) in [5.41, 5.74) is 0.822. The van der Waals surface area contributed by atoms with Gasteiger partial charge in [0, 0.05) is 19.0 Å². The van der Waals surface area contributed by atoms with E-state index >= 15 is 0 Å². The SMILES string of the molecule is CC.CCCCOC(=O)N/C=C/CC1CC(O)C(C)C/C=C/Cc2cccc(O)c2C(=O)O1. The number of benzene rings is 1. The summed E-state index contributed by atoms with van der Waals surface area (Å²) in [4.78, 5) is 24.4. The maximum atomic E-state index is 12.8. The van der Waals surface area contributed by atoms with E-state index in [-0.39, 0.29) is 23.7 Å². The Kier molecular flexibility index (Phi) is 13.6. The quantitative estimate of drug-likeness (QED) is 0.303. The number of aliphatic hydroxyl groups is 1. The number of phenols is 1. The third-order valence-corrected chi connectivity index (χ3v) is 5.23. The van der Waals surface area contributed by atoms with Crippen LogP contribution in [0.1, 0.15) is 75.7 Å². The van der Waals surface area contributed by atoms with Gasteiger partial charge in [-0.25, -0.2) is 9.59 Å². The number of esters is 1. The minimum Gasteiger partial charge on any atom is -0.507 e. The van der Waals surface area contributed by atoms with Crippen LogP contribution in [0.4, 0.5) is 4.79 Å². The molecule has 7 heteroatoms. The van der Waals surface area contributed by atoms with Crippen LogP contribution in [0.3, 0.4) is 0 Å². The Morgan fingerprint density at radius 1 is 1.30 bits per heavy atom. The molecule has 3 atom stereocenters. The number of phenolic OH excluding ortho intramolecular Hbond substituents is 1. The number of alkyl carbamates (subject to hydrolysis) is 1. The van der Waals surface area contributed by atoms with E-state index in [1.807, 2.05) is 39.8 Å². The van der Waals surface area contributed by atoms with Crippen molar-refractivity contribution in [2.75, 3.05) is 6.61 Å². The van der Waals surface area contributed by atoms with Crippen LogP contribution in [0.2, 0.25) is 0 Å². The van der Waals surface area contributed by atoms with Crippen molar-refractivity contribution in [1.82, 2.24) is 5.32 Å². The Morgan fingerprint density at radius 2 is 2.06 bits per heavy atom. The van der Waals surface area contributed by atoms with Gasteiger partial charge in [-0.1, -0.05) is 64.5 Å². The van der Waals surface area contributed by atoms with E-state index in [0.717, 1.165) is 12.8 Å². The molecule has 0 radical (unpaired) electrons. The molecular weight excluding hydrogens is 422 g/mol. The number of fused-ring (bicyclic) bond motifs is 1. The number of hydrogen-bond donors (Lipinski definition) is 3.